The summed E-state index contributed by atoms with van der Waals surface area (Å²) in [5.41, 5.74) is 0. The summed E-state index contributed by atoms with van der Waals surface area (Å²) in [6, 6.07) is -1.35. The third kappa shape index (κ3) is 5.53. The molecule has 0 saturated heterocycles. The maximum atomic E-state index is 11.3. The number of rotatable bonds is 4. The third-order valence-electron chi connectivity index (χ3n) is 0.757. The number of unbranched alkanes of at least 4 members (excludes halogenated alkanes) is 1. The van der Waals surface area contributed by atoms with Crippen LogP contribution in [0.25, 0.3) is 0 Å². The van der Waals surface area contributed by atoms with E-state index in [9.17, 15) is 13.6 Å². The van der Waals surface area contributed by atoms with E-state index in [0.717, 1.165) is 0 Å². The van der Waals surface area contributed by atoms with Crippen LogP contribution in [-0.2, 0) is 4.79 Å². The van der Waals surface area contributed by atoms with Crippen LogP contribution in [0.3, 0.4) is 0 Å². The highest BCUT2D eigenvalue weighted by atomic mass is 19.1. The molecule has 0 rings (SSSR count). The Kier molecular flexibility index (Phi) is 4.41. The summed E-state index contributed by atoms with van der Waals surface area (Å²) in [5, 5.41) is 0. The molecule has 0 radical (unpaired) electrons. The Labute approximate surface area is 46.7 Å². The minimum Gasteiger partial charge on any atom is -0.261 e. The average Bonchev–Trinajstić information content (AvgIpc) is 1.66. The van der Waals surface area contributed by atoms with E-state index >= 15 is 0 Å². The Hall–Kier alpha value is -0.470. The molecule has 0 spiro atoms. The second kappa shape index (κ2) is 4.68. The highest BCUT2D eigenvalue weighted by molar-refractivity contribution is 5.67. The van der Waals surface area contributed by atoms with Crippen molar-refractivity contribution in [2.75, 3.05) is 6.67 Å². The second-order valence-corrected chi connectivity index (χ2v) is 1.50. The van der Waals surface area contributed by atoms with Crippen LogP contribution in [0.4, 0.5) is 8.78 Å². The first-order valence-corrected chi connectivity index (χ1v) is 2.51. The summed E-state index contributed by atoms with van der Waals surface area (Å²) < 4.78 is 22.5. The summed E-state index contributed by atoms with van der Waals surface area (Å²) in [4.78, 5) is 9.53. The summed E-state index contributed by atoms with van der Waals surface area (Å²) >= 11 is 0. The molecule has 0 aliphatic heterocycles. The van der Waals surface area contributed by atoms with E-state index in [0.29, 0.717) is 6.42 Å². The minimum absolute atomic E-state index is 0.135. The van der Waals surface area contributed by atoms with Gasteiger partial charge in [0.25, 0.3) is 0 Å². The number of halogens is 2. The molecule has 8 heavy (non-hydrogen) atoms. The fraction of sp³-hybridized carbons (Fsp3) is 0.800. The van der Waals surface area contributed by atoms with Crippen LogP contribution >= 0.6 is 0 Å². The van der Waals surface area contributed by atoms with Gasteiger partial charge in [0.05, 0.1) is 6.67 Å². The molecule has 0 N–H and O–H groups in total. The number of carbonyl (C=O) groups is 1. The van der Waals surface area contributed by atoms with Crippen LogP contribution < -0.4 is 0 Å². The van der Waals surface area contributed by atoms with E-state index in [2.05, 4.69) is 0 Å². The van der Waals surface area contributed by atoms with Crippen molar-refractivity contribution in [3.8, 4) is 0 Å². The van der Waals surface area contributed by atoms with Crippen molar-refractivity contribution < 1.29 is 13.6 Å². The van der Waals surface area contributed by atoms with Crippen LogP contribution in [0, 0.1) is 0 Å². The minimum atomic E-state index is -1.35. The lowest BCUT2D eigenvalue weighted by molar-refractivity contribution is -0.129. The van der Waals surface area contributed by atoms with Crippen molar-refractivity contribution in [2.45, 2.75) is 19.3 Å². The van der Waals surface area contributed by atoms with Gasteiger partial charge in [-0.15, -0.1) is 0 Å². The highest BCUT2D eigenvalue weighted by Gasteiger charge is 1.95. The molecule has 0 aromatic carbocycles. The maximum Gasteiger partial charge on any atom is 0.301 e. The van der Waals surface area contributed by atoms with E-state index in [-0.39, 0.29) is 12.8 Å². The van der Waals surface area contributed by atoms with E-state index in [1.807, 2.05) is 0 Å². The number of alkyl halides is 1. The van der Waals surface area contributed by atoms with Gasteiger partial charge < -0.3 is 0 Å². The van der Waals surface area contributed by atoms with Crippen molar-refractivity contribution in [3.05, 3.63) is 0 Å². The molecule has 0 heterocycles. The summed E-state index contributed by atoms with van der Waals surface area (Å²) in [7, 11) is 0. The molecule has 0 atom stereocenters. The van der Waals surface area contributed by atoms with E-state index < -0.39 is 12.7 Å². The van der Waals surface area contributed by atoms with E-state index in [4.69, 9.17) is 0 Å². The number of hydrogen-bond acceptors (Lipinski definition) is 1. The molecule has 0 bridgehead atoms. The number of carbonyl (C=O) groups excluding carboxylic acids is 1. The average molecular weight is 122 g/mol. The maximum absolute atomic E-state index is 11.3. The predicted octanol–water partition coefficient (Wildman–Crippen LogP) is 1.62. The van der Waals surface area contributed by atoms with Gasteiger partial charge in [-0.25, -0.2) is 0 Å². The first-order chi connectivity index (χ1) is 3.77. The van der Waals surface area contributed by atoms with Crippen molar-refractivity contribution in [1.29, 1.82) is 0 Å². The largest absolute Gasteiger partial charge is 0.301 e. The molecule has 0 unspecified atom stereocenters. The Morgan fingerprint density at radius 2 is 2.00 bits per heavy atom. The zero-order valence-corrected chi connectivity index (χ0v) is 4.49. The lowest BCUT2D eigenvalue weighted by Crippen LogP contribution is -1.87. The van der Waals surface area contributed by atoms with Gasteiger partial charge in [-0.3, -0.25) is 9.18 Å². The molecule has 0 saturated carbocycles. The monoisotopic (exact) mass is 122 g/mol. The molecule has 3 heteroatoms. The fourth-order valence-corrected chi connectivity index (χ4v) is 0.358. The summed E-state index contributed by atoms with van der Waals surface area (Å²) in [6.45, 7) is -0.465. The van der Waals surface area contributed by atoms with Gasteiger partial charge in [-0.2, -0.15) is 4.39 Å². The van der Waals surface area contributed by atoms with Crippen LogP contribution in [0.2, 0.25) is 0 Å². The Bertz CT molecular complexity index is 72.8. The lowest BCUT2D eigenvalue weighted by atomic mass is 10.3. The molecular weight excluding hydrogens is 114 g/mol. The Balaban J connectivity index is 2.82. The van der Waals surface area contributed by atoms with E-state index in [1.54, 1.807) is 0 Å². The van der Waals surface area contributed by atoms with Crippen LogP contribution in [0.5, 0.6) is 0 Å². The molecule has 0 aliphatic rings. The molecule has 0 amide bonds. The standard InChI is InChI=1S/C5H8F2O/c6-4-2-1-3-5(7)8/h1-4H2. The first kappa shape index (κ1) is 7.53. The smallest absolute Gasteiger partial charge is 0.261 e. The zero-order chi connectivity index (χ0) is 6.41. The van der Waals surface area contributed by atoms with Gasteiger partial charge in [0.1, 0.15) is 0 Å². The Morgan fingerprint density at radius 3 is 2.38 bits per heavy atom. The normalized spacial score (nSPS) is 9.25. The lowest BCUT2D eigenvalue weighted by Gasteiger charge is -1.86. The first-order valence-electron chi connectivity index (χ1n) is 2.51. The quantitative estimate of drug-likeness (QED) is 0.409. The molecule has 0 aromatic rings. The third-order valence-corrected chi connectivity index (χ3v) is 0.757. The fourth-order valence-electron chi connectivity index (χ4n) is 0.358. The van der Waals surface area contributed by atoms with Gasteiger partial charge in [0, 0.05) is 6.42 Å². The molecule has 0 fully saturated rings. The summed E-state index contributed by atoms with van der Waals surface area (Å²) in [6.07, 6.45) is 0.478. The van der Waals surface area contributed by atoms with Crippen molar-refractivity contribution >= 4 is 6.04 Å². The molecule has 48 valence electrons. The van der Waals surface area contributed by atoms with Gasteiger partial charge >= 0.3 is 6.04 Å². The van der Waals surface area contributed by atoms with Crippen LogP contribution in [0.15, 0.2) is 0 Å². The van der Waals surface area contributed by atoms with Crippen molar-refractivity contribution in [1.82, 2.24) is 0 Å². The Morgan fingerprint density at radius 1 is 1.38 bits per heavy atom. The van der Waals surface area contributed by atoms with Crippen molar-refractivity contribution in [2.24, 2.45) is 0 Å². The highest BCUT2D eigenvalue weighted by Crippen LogP contribution is 1.96. The van der Waals surface area contributed by atoms with Gasteiger partial charge in [-0.05, 0) is 12.8 Å². The van der Waals surface area contributed by atoms with Gasteiger partial charge in [-0.1, -0.05) is 0 Å². The van der Waals surface area contributed by atoms with Crippen LogP contribution in [0.1, 0.15) is 19.3 Å². The van der Waals surface area contributed by atoms with Gasteiger partial charge in [0.2, 0.25) is 0 Å². The topological polar surface area (TPSA) is 17.1 Å². The van der Waals surface area contributed by atoms with Crippen molar-refractivity contribution in [3.63, 3.8) is 0 Å². The van der Waals surface area contributed by atoms with Crippen LogP contribution in [-0.4, -0.2) is 12.7 Å². The summed E-state index contributed by atoms with van der Waals surface area (Å²) in [5.74, 6) is 0. The molecule has 0 aromatic heterocycles. The SMILES string of the molecule is O=C(F)CCCCF. The van der Waals surface area contributed by atoms with Gasteiger partial charge in [0.15, 0.2) is 0 Å². The van der Waals surface area contributed by atoms with E-state index in [1.165, 1.54) is 0 Å². The zero-order valence-electron chi connectivity index (χ0n) is 4.49. The predicted molar refractivity (Wildman–Crippen MR) is 25.9 cm³/mol. The molecule has 0 aliphatic carbocycles. The number of hydrogen-bond donors (Lipinski definition) is 0. The molecule has 1 nitrogen and oxygen atoms in total. The molecular formula is C5H8F2O. The second-order valence-electron chi connectivity index (χ2n) is 1.50.